The Morgan fingerprint density at radius 3 is 3.06 bits per heavy atom. The van der Waals surface area contributed by atoms with Crippen LogP contribution in [0.5, 0.6) is 0 Å². The van der Waals surface area contributed by atoms with Crippen molar-refractivity contribution in [2.75, 3.05) is 12.3 Å². The van der Waals surface area contributed by atoms with Crippen LogP contribution in [-0.2, 0) is 0 Å². The fourth-order valence-corrected chi connectivity index (χ4v) is 3.60. The molecule has 0 aliphatic carbocycles. The van der Waals surface area contributed by atoms with Crippen LogP contribution in [0.1, 0.15) is 13.3 Å². The minimum absolute atomic E-state index is 0.0954. The summed E-state index contributed by atoms with van der Waals surface area (Å²) < 4.78 is 2.24. The molecule has 0 bridgehead atoms. The molecule has 94 valence electrons. The van der Waals surface area contributed by atoms with Crippen LogP contribution >= 0.6 is 23.1 Å². The summed E-state index contributed by atoms with van der Waals surface area (Å²) in [5.74, 6) is 0.746. The SMILES string of the molecule is CCCNC(C#N)CSc1nc2ccccc2s1. The highest BCUT2D eigenvalue weighted by Gasteiger charge is 2.09. The molecule has 1 aromatic carbocycles. The van der Waals surface area contributed by atoms with E-state index in [1.165, 1.54) is 4.70 Å². The van der Waals surface area contributed by atoms with Gasteiger partial charge in [0.15, 0.2) is 4.34 Å². The van der Waals surface area contributed by atoms with Gasteiger partial charge in [-0.1, -0.05) is 30.8 Å². The van der Waals surface area contributed by atoms with Gasteiger partial charge >= 0.3 is 0 Å². The summed E-state index contributed by atoms with van der Waals surface area (Å²) in [7, 11) is 0. The van der Waals surface area contributed by atoms with E-state index in [-0.39, 0.29) is 6.04 Å². The molecular weight excluding hydrogens is 262 g/mol. The molecule has 1 unspecified atom stereocenters. The minimum Gasteiger partial charge on any atom is -0.301 e. The van der Waals surface area contributed by atoms with Crippen LogP contribution in [0, 0.1) is 11.3 Å². The number of nitrogens with zero attached hydrogens (tertiary/aromatic N) is 2. The van der Waals surface area contributed by atoms with Crippen molar-refractivity contribution < 1.29 is 0 Å². The molecule has 2 rings (SSSR count). The number of nitriles is 1. The molecule has 0 fully saturated rings. The van der Waals surface area contributed by atoms with E-state index in [9.17, 15) is 0 Å². The Balaban J connectivity index is 1.95. The Labute approximate surface area is 115 Å². The lowest BCUT2D eigenvalue weighted by molar-refractivity contribution is 0.637. The zero-order valence-electron chi connectivity index (χ0n) is 10.2. The number of thiazole rings is 1. The average molecular weight is 277 g/mol. The predicted molar refractivity (Wildman–Crippen MR) is 78.0 cm³/mol. The number of hydrogen-bond donors (Lipinski definition) is 1. The third kappa shape index (κ3) is 3.45. The highest BCUT2D eigenvalue weighted by Crippen LogP contribution is 2.29. The van der Waals surface area contributed by atoms with E-state index in [2.05, 4.69) is 29.4 Å². The maximum Gasteiger partial charge on any atom is 0.151 e. The first kappa shape index (κ1) is 13.3. The van der Waals surface area contributed by atoms with E-state index in [0.717, 1.165) is 28.6 Å². The van der Waals surface area contributed by atoms with Gasteiger partial charge in [-0.15, -0.1) is 11.3 Å². The summed E-state index contributed by atoms with van der Waals surface area (Å²) in [6.07, 6.45) is 1.05. The maximum absolute atomic E-state index is 9.03. The largest absolute Gasteiger partial charge is 0.301 e. The van der Waals surface area contributed by atoms with Crippen molar-refractivity contribution in [2.45, 2.75) is 23.7 Å². The number of fused-ring (bicyclic) bond motifs is 1. The molecule has 0 radical (unpaired) electrons. The van der Waals surface area contributed by atoms with E-state index < -0.39 is 0 Å². The second-order valence-corrected chi connectivity index (χ2v) is 6.19. The van der Waals surface area contributed by atoms with Crippen LogP contribution in [0.4, 0.5) is 0 Å². The Hall–Kier alpha value is -1.09. The third-order valence-corrected chi connectivity index (χ3v) is 4.72. The smallest absolute Gasteiger partial charge is 0.151 e. The number of nitrogens with one attached hydrogen (secondary N) is 1. The first-order valence-corrected chi connectivity index (χ1v) is 7.75. The highest BCUT2D eigenvalue weighted by atomic mass is 32.2. The molecule has 1 aromatic heterocycles. The van der Waals surface area contributed by atoms with E-state index in [1.54, 1.807) is 23.1 Å². The zero-order chi connectivity index (χ0) is 12.8. The fraction of sp³-hybridized carbons (Fsp3) is 0.385. The van der Waals surface area contributed by atoms with Gasteiger partial charge in [-0.2, -0.15) is 5.26 Å². The molecule has 1 heterocycles. The number of para-hydroxylation sites is 1. The van der Waals surface area contributed by atoms with Crippen molar-refractivity contribution in [3.8, 4) is 6.07 Å². The summed E-state index contributed by atoms with van der Waals surface area (Å²) >= 11 is 3.34. The molecule has 3 nitrogen and oxygen atoms in total. The number of hydrogen-bond acceptors (Lipinski definition) is 5. The van der Waals surface area contributed by atoms with Crippen LogP contribution < -0.4 is 5.32 Å². The maximum atomic E-state index is 9.03. The van der Waals surface area contributed by atoms with Crippen LogP contribution in [-0.4, -0.2) is 23.3 Å². The Morgan fingerprint density at radius 2 is 2.33 bits per heavy atom. The molecule has 18 heavy (non-hydrogen) atoms. The molecule has 1 N–H and O–H groups in total. The standard InChI is InChI=1S/C13H15N3S2/c1-2-7-15-10(8-14)9-17-13-16-11-5-3-4-6-12(11)18-13/h3-6,10,15H,2,7,9H2,1H3. The van der Waals surface area contributed by atoms with Crippen molar-refractivity contribution in [3.63, 3.8) is 0 Å². The van der Waals surface area contributed by atoms with Gasteiger partial charge < -0.3 is 5.32 Å². The van der Waals surface area contributed by atoms with Crippen molar-refractivity contribution in [1.82, 2.24) is 10.3 Å². The first-order valence-electron chi connectivity index (χ1n) is 5.95. The zero-order valence-corrected chi connectivity index (χ0v) is 11.9. The molecule has 0 saturated carbocycles. The Kier molecular flexibility index (Phi) is 5.00. The van der Waals surface area contributed by atoms with Crippen molar-refractivity contribution in [2.24, 2.45) is 0 Å². The van der Waals surface area contributed by atoms with Crippen molar-refractivity contribution in [1.29, 1.82) is 5.26 Å². The second kappa shape index (κ2) is 6.74. The van der Waals surface area contributed by atoms with Crippen LogP contribution in [0.2, 0.25) is 0 Å². The van der Waals surface area contributed by atoms with Gasteiger partial charge in [-0.3, -0.25) is 0 Å². The number of benzene rings is 1. The fourth-order valence-electron chi connectivity index (χ4n) is 1.53. The van der Waals surface area contributed by atoms with Gasteiger partial charge in [-0.25, -0.2) is 4.98 Å². The lowest BCUT2D eigenvalue weighted by Gasteiger charge is -2.08. The van der Waals surface area contributed by atoms with Crippen molar-refractivity contribution in [3.05, 3.63) is 24.3 Å². The van der Waals surface area contributed by atoms with Gasteiger partial charge in [0, 0.05) is 5.75 Å². The lowest BCUT2D eigenvalue weighted by Crippen LogP contribution is -2.30. The monoisotopic (exact) mass is 277 g/mol. The third-order valence-electron chi connectivity index (χ3n) is 2.44. The summed E-state index contributed by atoms with van der Waals surface area (Å²) in [6, 6.07) is 10.3. The predicted octanol–water partition coefficient (Wildman–Crippen LogP) is 3.28. The molecular formula is C13H15N3S2. The van der Waals surface area contributed by atoms with Crippen molar-refractivity contribution >= 4 is 33.3 Å². The molecule has 1 atom stereocenters. The van der Waals surface area contributed by atoms with Crippen LogP contribution in [0.15, 0.2) is 28.6 Å². The first-order chi connectivity index (χ1) is 8.83. The average Bonchev–Trinajstić information content (AvgIpc) is 2.81. The van der Waals surface area contributed by atoms with E-state index >= 15 is 0 Å². The summed E-state index contributed by atoms with van der Waals surface area (Å²) in [6.45, 7) is 2.99. The van der Waals surface area contributed by atoms with Crippen LogP contribution in [0.25, 0.3) is 10.2 Å². The topological polar surface area (TPSA) is 48.7 Å². The highest BCUT2D eigenvalue weighted by molar-refractivity contribution is 8.01. The molecule has 0 saturated heterocycles. The van der Waals surface area contributed by atoms with Gasteiger partial charge in [0.25, 0.3) is 0 Å². The Morgan fingerprint density at radius 1 is 1.50 bits per heavy atom. The Bertz CT molecular complexity index is 511. The van der Waals surface area contributed by atoms with E-state index in [1.807, 2.05) is 18.2 Å². The molecule has 5 heteroatoms. The van der Waals surface area contributed by atoms with Gasteiger partial charge in [0.1, 0.15) is 6.04 Å². The number of thioether (sulfide) groups is 1. The number of aromatic nitrogens is 1. The van der Waals surface area contributed by atoms with Gasteiger partial charge in [0.05, 0.1) is 16.3 Å². The lowest BCUT2D eigenvalue weighted by atomic mass is 10.3. The molecule has 0 amide bonds. The molecule has 0 spiro atoms. The normalized spacial score (nSPS) is 12.4. The second-order valence-electron chi connectivity index (χ2n) is 3.89. The summed E-state index contributed by atoms with van der Waals surface area (Å²) in [4.78, 5) is 4.54. The van der Waals surface area contributed by atoms with Crippen LogP contribution in [0.3, 0.4) is 0 Å². The number of rotatable bonds is 6. The van der Waals surface area contributed by atoms with E-state index in [4.69, 9.17) is 5.26 Å². The molecule has 0 aliphatic rings. The molecule has 0 aliphatic heterocycles. The van der Waals surface area contributed by atoms with Gasteiger partial charge in [0.2, 0.25) is 0 Å². The van der Waals surface area contributed by atoms with Gasteiger partial charge in [-0.05, 0) is 25.1 Å². The molecule has 2 aromatic rings. The summed E-state index contributed by atoms with van der Waals surface area (Å²) in [5, 5.41) is 12.2. The minimum atomic E-state index is -0.0954. The quantitative estimate of drug-likeness (QED) is 0.823. The summed E-state index contributed by atoms with van der Waals surface area (Å²) in [5.41, 5.74) is 1.04. The van der Waals surface area contributed by atoms with E-state index in [0.29, 0.717) is 0 Å².